The third kappa shape index (κ3) is 4.46. The Hall–Kier alpha value is -1.72. The Kier molecular flexibility index (Phi) is 5.06. The molecule has 0 aliphatic rings. The zero-order chi connectivity index (χ0) is 13.5. The van der Waals surface area contributed by atoms with E-state index in [4.69, 9.17) is 4.74 Å². The van der Waals surface area contributed by atoms with Gasteiger partial charge in [-0.25, -0.2) is 0 Å². The van der Waals surface area contributed by atoms with Crippen LogP contribution in [0.2, 0.25) is 0 Å². The van der Waals surface area contributed by atoms with Crippen molar-refractivity contribution in [3.63, 3.8) is 0 Å². The summed E-state index contributed by atoms with van der Waals surface area (Å²) in [5.74, 6) is 0.760. The SMILES string of the molecule is C=C(C)COCCNc1nc(-c2ccccc2)ns1. The van der Waals surface area contributed by atoms with E-state index in [2.05, 4.69) is 21.3 Å². The lowest BCUT2D eigenvalue weighted by Gasteiger charge is -2.03. The summed E-state index contributed by atoms with van der Waals surface area (Å²) in [7, 11) is 0. The minimum Gasteiger partial charge on any atom is -0.375 e. The maximum absolute atomic E-state index is 5.40. The molecule has 0 radical (unpaired) electrons. The first kappa shape index (κ1) is 13.7. The van der Waals surface area contributed by atoms with Crippen LogP contribution in [-0.2, 0) is 4.74 Å². The molecular formula is C14H17N3OS. The van der Waals surface area contributed by atoms with Gasteiger partial charge in [-0.05, 0) is 6.92 Å². The van der Waals surface area contributed by atoms with Crippen molar-refractivity contribution in [1.82, 2.24) is 9.36 Å². The van der Waals surface area contributed by atoms with Crippen LogP contribution in [0.25, 0.3) is 11.4 Å². The first-order valence-electron chi connectivity index (χ1n) is 6.11. The van der Waals surface area contributed by atoms with Gasteiger partial charge in [0.1, 0.15) is 0 Å². The van der Waals surface area contributed by atoms with Crippen LogP contribution >= 0.6 is 11.5 Å². The number of hydrogen-bond donors (Lipinski definition) is 1. The Morgan fingerprint density at radius 2 is 2.16 bits per heavy atom. The molecule has 1 aromatic carbocycles. The molecule has 5 heteroatoms. The quantitative estimate of drug-likeness (QED) is 0.622. The molecule has 0 spiro atoms. The topological polar surface area (TPSA) is 47.0 Å². The molecular weight excluding hydrogens is 258 g/mol. The molecule has 0 amide bonds. The predicted molar refractivity (Wildman–Crippen MR) is 79.5 cm³/mol. The van der Waals surface area contributed by atoms with E-state index in [9.17, 15) is 0 Å². The van der Waals surface area contributed by atoms with Gasteiger partial charge < -0.3 is 10.1 Å². The first-order chi connectivity index (χ1) is 9.25. The zero-order valence-electron chi connectivity index (χ0n) is 10.9. The van der Waals surface area contributed by atoms with E-state index >= 15 is 0 Å². The Balaban J connectivity index is 1.80. The van der Waals surface area contributed by atoms with Gasteiger partial charge in [-0.1, -0.05) is 42.5 Å². The van der Waals surface area contributed by atoms with Gasteiger partial charge in [0.2, 0.25) is 5.13 Å². The van der Waals surface area contributed by atoms with Crippen LogP contribution in [0, 0.1) is 0 Å². The fourth-order valence-corrected chi connectivity index (χ4v) is 2.09. The third-order valence-corrected chi connectivity index (χ3v) is 3.00. The Bertz CT molecular complexity index is 524. The van der Waals surface area contributed by atoms with E-state index in [0.29, 0.717) is 13.2 Å². The van der Waals surface area contributed by atoms with Crippen LogP contribution in [0.5, 0.6) is 0 Å². The standard InChI is InChI=1S/C14H17N3OS/c1-11(2)10-18-9-8-15-14-16-13(17-19-14)12-6-4-3-5-7-12/h3-7H,1,8-10H2,2H3,(H,15,16,17). The summed E-state index contributed by atoms with van der Waals surface area (Å²) in [5.41, 5.74) is 2.06. The van der Waals surface area contributed by atoms with Crippen molar-refractivity contribution in [2.24, 2.45) is 0 Å². The lowest BCUT2D eigenvalue weighted by molar-refractivity contribution is 0.167. The second-order valence-electron chi connectivity index (χ2n) is 4.23. The molecule has 19 heavy (non-hydrogen) atoms. The Labute approximate surface area is 117 Å². The number of anilines is 1. The van der Waals surface area contributed by atoms with Crippen molar-refractivity contribution in [3.8, 4) is 11.4 Å². The van der Waals surface area contributed by atoms with Crippen molar-refractivity contribution in [1.29, 1.82) is 0 Å². The van der Waals surface area contributed by atoms with Gasteiger partial charge in [0.05, 0.1) is 13.2 Å². The number of nitrogens with zero attached hydrogens (tertiary/aromatic N) is 2. The summed E-state index contributed by atoms with van der Waals surface area (Å²) in [6.45, 7) is 7.69. The molecule has 0 fully saturated rings. The van der Waals surface area contributed by atoms with Gasteiger partial charge in [-0.15, -0.1) is 0 Å². The number of rotatable bonds is 7. The summed E-state index contributed by atoms with van der Waals surface area (Å²) in [6, 6.07) is 9.95. The number of nitrogens with one attached hydrogen (secondary N) is 1. The molecule has 100 valence electrons. The van der Waals surface area contributed by atoms with Crippen LogP contribution in [-0.4, -0.2) is 29.1 Å². The maximum Gasteiger partial charge on any atom is 0.202 e. The van der Waals surface area contributed by atoms with E-state index in [0.717, 1.165) is 28.6 Å². The van der Waals surface area contributed by atoms with Crippen molar-refractivity contribution >= 4 is 16.7 Å². The molecule has 0 bridgehead atoms. The molecule has 1 aromatic heterocycles. The highest BCUT2D eigenvalue weighted by Gasteiger charge is 2.05. The molecule has 1 heterocycles. The Morgan fingerprint density at radius 3 is 2.89 bits per heavy atom. The fourth-order valence-electron chi connectivity index (χ4n) is 1.48. The van der Waals surface area contributed by atoms with E-state index in [-0.39, 0.29) is 0 Å². The second-order valence-corrected chi connectivity index (χ2v) is 4.98. The monoisotopic (exact) mass is 275 g/mol. The van der Waals surface area contributed by atoms with E-state index in [1.807, 2.05) is 37.3 Å². The molecule has 2 rings (SSSR count). The summed E-state index contributed by atoms with van der Waals surface area (Å²) >= 11 is 1.36. The molecule has 0 atom stereocenters. The highest BCUT2D eigenvalue weighted by molar-refractivity contribution is 7.09. The van der Waals surface area contributed by atoms with Gasteiger partial charge in [-0.2, -0.15) is 9.36 Å². The number of benzene rings is 1. The molecule has 2 aromatic rings. The highest BCUT2D eigenvalue weighted by Crippen LogP contribution is 2.20. The predicted octanol–water partition coefficient (Wildman–Crippen LogP) is 3.21. The van der Waals surface area contributed by atoms with Crippen LogP contribution in [0.4, 0.5) is 5.13 Å². The molecule has 0 saturated heterocycles. The van der Waals surface area contributed by atoms with Gasteiger partial charge in [0, 0.05) is 23.6 Å². The number of aromatic nitrogens is 2. The number of hydrogen-bond acceptors (Lipinski definition) is 5. The van der Waals surface area contributed by atoms with Gasteiger partial charge >= 0.3 is 0 Å². The van der Waals surface area contributed by atoms with Crippen LogP contribution in [0.15, 0.2) is 42.5 Å². The smallest absolute Gasteiger partial charge is 0.202 e. The average Bonchev–Trinajstić information content (AvgIpc) is 2.88. The molecule has 4 nitrogen and oxygen atoms in total. The van der Waals surface area contributed by atoms with Crippen molar-refractivity contribution in [2.45, 2.75) is 6.92 Å². The lowest BCUT2D eigenvalue weighted by Crippen LogP contribution is -2.10. The molecule has 0 unspecified atom stereocenters. The van der Waals surface area contributed by atoms with Crippen LogP contribution in [0.3, 0.4) is 0 Å². The highest BCUT2D eigenvalue weighted by atomic mass is 32.1. The fraction of sp³-hybridized carbons (Fsp3) is 0.286. The average molecular weight is 275 g/mol. The zero-order valence-corrected chi connectivity index (χ0v) is 11.7. The van der Waals surface area contributed by atoms with Crippen molar-refractivity contribution < 1.29 is 4.74 Å². The number of ether oxygens (including phenoxy) is 1. The summed E-state index contributed by atoms with van der Waals surface area (Å²) in [4.78, 5) is 4.44. The lowest BCUT2D eigenvalue weighted by atomic mass is 10.2. The Morgan fingerprint density at radius 1 is 1.37 bits per heavy atom. The van der Waals surface area contributed by atoms with Gasteiger partial charge in [-0.3, -0.25) is 0 Å². The maximum atomic E-state index is 5.40. The third-order valence-electron chi connectivity index (χ3n) is 2.33. The largest absolute Gasteiger partial charge is 0.375 e. The van der Waals surface area contributed by atoms with E-state index in [1.54, 1.807) is 0 Å². The second kappa shape index (κ2) is 7.01. The van der Waals surface area contributed by atoms with E-state index in [1.165, 1.54) is 11.5 Å². The van der Waals surface area contributed by atoms with Crippen LogP contribution < -0.4 is 5.32 Å². The summed E-state index contributed by atoms with van der Waals surface area (Å²) in [5, 5.41) is 4.02. The molecule has 0 aliphatic carbocycles. The van der Waals surface area contributed by atoms with Crippen molar-refractivity contribution in [2.75, 3.05) is 25.1 Å². The first-order valence-corrected chi connectivity index (χ1v) is 6.88. The summed E-state index contributed by atoms with van der Waals surface area (Å²) in [6.07, 6.45) is 0. The minimum atomic E-state index is 0.604. The minimum absolute atomic E-state index is 0.604. The normalized spacial score (nSPS) is 10.4. The summed E-state index contributed by atoms with van der Waals surface area (Å²) < 4.78 is 9.73. The van der Waals surface area contributed by atoms with Gasteiger partial charge in [0.25, 0.3) is 0 Å². The molecule has 1 N–H and O–H groups in total. The van der Waals surface area contributed by atoms with Gasteiger partial charge in [0.15, 0.2) is 5.82 Å². The van der Waals surface area contributed by atoms with Crippen LogP contribution in [0.1, 0.15) is 6.92 Å². The van der Waals surface area contributed by atoms with E-state index < -0.39 is 0 Å². The molecule has 0 saturated carbocycles. The molecule has 0 aliphatic heterocycles. The van der Waals surface area contributed by atoms with Crippen molar-refractivity contribution in [3.05, 3.63) is 42.5 Å².